The first-order chi connectivity index (χ1) is 4.86. The van der Waals surface area contributed by atoms with Gasteiger partial charge in [-0.2, -0.15) is 8.75 Å². The molecule has 0 unspecified atom stereocenters. The van der Waals surface area contributed by atoms with Crippen LogP contribution in [0.3, 0.4) is 0 Å². The fourth-order valence-electron chi connectivity index (χ4n) is 0.755. The quantitative estimate of drug-likeness (QED) is 0.607. The van der Waals surface area contributed by atoms with E-state index in [4.69, 9.17) is 11.6 Å². The van der Waals surface area contributed by atoms with Crippen molar-refractivity contribution in [3.05, 3.63) is 23.2 Å². The van der Waals surface area contributed by atoms with Crippen LogP contribution in [0, 0.1) is 0 Å². The summed E-state index contributed by atoms with van der Waals surface area (Å²) in [4.78, 5) is 0. The lowest BCUT2D eigenvalue weighted by Gasteiger charge is -1.85. The predicted molar refractivity (Wildman–Crippen MR) is 42.4 cm³/mol. The van der Waals surface area contributed by atoms with Crippen LogP contribution in [-0.2, 0) is 0 Å². The van der Waals surface area contributed by atoms with Crippen molar-refractivity contribution in [2.75, 3.05) is 0 Å². The molecular weight excluding hydrogens is 168 g/mol. The molecule has 2 aromatic rings. The fourth-order valence-corrected chi connectivity index (χ4v) is 1.44. The third-order valence-corrected chi connectivity index (χ3v) is 2.01. The van der Waals surface area contributed by atoms with E-state index < -0.39 is 0 Å². The summed E-state index contributed by atoms with van der Waals surface area (Å²) in [6.07, 6.45) is 0. The van der Waals surface area contributed by atoms with Gasteiger partial charge in [0.1, 0.15) is 11.0 Å². The van der Waals surface area contributed by atoms with Crippen LogP contribution in [0.1, 0.15) is 0 Å². The molecule has 1 aromatic heterocycles. The van der Waals surface area contributed by atoms with Crippen LogP contribution in [0.25, 0.3) is 11.0 Å². The summed E-state index contributed by atoms with van der Waals surface area (Å²) in [7, 11) is 0. The molecule has 2 nitrogen and oxygen atoms in total. The Kier molecular flexibility index (Phi) is 1.32. The van der Waals surface area contributed by atoms with E-state index >= 15 is 0 Å². The summed E-state index contributed by atoms with van der Waals surface area (Å²) in [5, 5.41) is 0.709. The zero-order valence-electron chi connectivity index (χ0n) is 4.91. The van der Waals surface area contributed by atoms with Gasteiger partial charge in [-0.1, -0.05) is 11.6 Å². The highest BCUT2D eigenvalue weighted by molar-refractivity contribution is 7.00. The van der Waals surface area contributed by atoms with Crippen molar-refractivity contribution >= 4 is 34.4 Å². The summed E-state index contributed by atoms with van der Waals surface area (Å²) in [6.45, 7) is 0. The molecule has 4 heteroatoms. The molecular formula is C6H3ClN2S. The molecule has 10 heavy (non-hydrogen) atoms. The summed E-state index contributed by atoms with van der Waals surface area (Å²) in [5.74, 6) is 0. The van der Waals surface area contributed by atoms with E-state index in [0.717, 1.165) is 11.0 Å². The lowest BCUT2D eigenvalue weighted by atomic mass is 10.3. The van der Waals surface area contributed by atoms with Crippen molar-refractivity contribution in [2.45, 2.75) is 0 Å². The van der Waals surface area contributed by atoms with Crippen molar-refractivity contribution in [2.24, 2.45) is 0 Å². The van der Waals surface area contributed by atoms with E-state index in [1.165, 1.54) is 11.7 Å². The predicted octanol–water partition coefficient (Wildman–Crippen LogP) is 2.34. The van der Waals surface area contributed by atoms with Crippen LogP contribution in [0.15, 0.2) is 18.2 Å². The van der Waals surface area contributed by atoms with Crippen molar-refractivity contribution < 1.29 is 0 Å². The molecule has 0 saturated carbocycles. The molecule has 0 aliphatic carbocycles. The molecule has 2 rings (SSSR count). The van der Waals surface area contributed by atoms with Gasteiger partial charge >= 0.3 is 0 Å². The number of rotatable bonds is 0. The zero-order valence-corrected chi connectivity index (χ0v) is 6.49. The van der Waals surface area contributed by atoms with E-state index in [1.54, 1.807) is 6.07 Å². The topological polar surface area (TPSA) is 25.8 Å². The van der Waals surface area contributed by atoms with Crippen LogP contribution in [0.5, 0.6) is 0 Å². The zero-order chi connectivity index (χ0) is 6.97. The fraction of sp³-hybridized carbons (Fsp3) is 0. The largest absolute Gasteiger partial charge is 0.173 e. The Hall–Kier alpha value is -0.670. The Bertz CT molecular complexity index is 357. The molecule has 0 aliphatic heterocycles. The number of fused-ring (bicyclic) bond motifs is 1. The standard InChI is InChI=1S/C6H3ClN2S/c7-4-1-2-5-6(3-4)9-10-8-5/h1-3H. The average molecular weight is 171 g/mol. The third-order valence-electron chi connectivity index (χ3n) is 1.22. The van der Waals surface area contributed by atoms with Crippen molar-refractivity contribution in [3.63, 3.8) is 0 Å². The minimum Gasteiger partial charge on any atom is -0.173 e. The van der Waals surface area contributed by atoms with Crippen LogP contribution >= 0.6 is 23.3 Å². The Morgan fingerprint density at radius 3 is 2.90 bits per heavy atom. The number of hydrogen-bond acceptors (Lipinski definition) is 3. The molecule has 0 spiro atoms. The monoisotopic (exact) mass is 170 g/mol. The summed E-state index contributed by atoms with van der Waals surface area (Å²) in [6, 6.07) is 5.48. The van der Waals surface area contributed by atoms with Gasteiger partial charge in [-0.15, -0.1) is 0 Å². The molecule has 0 radical (unpaired) electrons. The van der Waals surface area contributed by atoms with Crippen LogP contribution < -0.4 is 0 Å². The number of benzene rings is 1. The van der Waals surface area contributed by atoms with Crippen molar-refractivity contribution in [3.8, 4) is 0 Å². The minimum atomic E-state index is 0.709. The van der Waals surface area contributed by atoms with Crippen molar-refractivity contribution in [1.82, 2.24) is 8.75 Å². The van der Waals surface area contributed by atoms with Crippen LogP contribution in [0.4, 0.5) is 0 Å². The maximum absolute atomic E-state index is 5.71. The Morgan fingerprint density at radius 1 is 1.20 bits per heavy atom. The van der Waals surface area contributed by atoms with Gasteiger partial charge in [0, 0.05) is 5.02 Å². The average Bonchev–Trinajstić information content (AvgIpc) is 2.33. The molecule has 0 N–H and O–H groups in total. The van der Waals surface area contributed by atoms with Gasteiger partial charge in [0.25, 0.3) is 0 Å². The van der Waals surface area contributed by atoms with E-state index in [0.29, 0.717) is 5.02 Å². The number of aromatic nitrogens is 2. The van der Waals surface area contributed by atoms with E-state index in [2.05, 4.69) is 8.75 Å². The van der Waals surface area contributed by atoms with Gasteiger partial charge in [-0.05, 0) is 18.2 Å². The van der Waals surface area contributed by atoms with E-state index in [1.807, 2.05) is 12.1 Å². The minimum absolute atomic E-state index is 0.709. The molecule has 0 amide bonds. The molecule has 1 heterocycles. The molecule has 0 aliphatic rings. The SMILES string of the molecule is Clc1ccc2nsnc2c1. The van der Waals surface area contributed by atoms with Crippen LogP contribution in [-0.4, -0.2) is 8.75 Å². The lowest BCUT2D eigenvalue weighted by Crippen LogP contribution is -1.67. The molecule has 50 valence electrons. The highest BCUT2D eigenvalue weighted by Gasteiger charge is 1.96. The lowest BCUT2D eigenvalue weighted by molar-refractivity contribution is 1.64. The normalized spacial score (nSPS) is 10.5. The highest BCUT2D eigenvalue weighted by atomic mass is 35.5. The summed E-state index contributed by atoms with van der Waals surface area (Å²) >= 11 is 6.92. The molecule has 0 saturated heterocycles. The summed E-state index contributed by atoms with van der Waals surface area (Å²) < 4.78 is 8.06. The number of nitrogens with zero attached hydrogens (tertiary/aromatic N) is 2. The maximum Gasteiger partial charge on any atom is 0.106 e. The van der Waals surface area contributed by atoms with Gasteiger partial charge in [0.05, 0.1) is 11.7 Å². The van der Waals surface area contributed by atoms with Gasteiger partial charge in [0.2, 0.25) is 0 Å². The van der Waals surface area contributed by atoms with Gasteiger partial charge in [0.15, 0.2) is 0 Å². The second kappa shape index (κ2) is 2.18. The second-order valence-corrected chi connectivity index (χ2v) is 2.86. The summed E-state index contributed by atoms with van der Waals surface area (Å²) in [5.41, 5.74) is 1.78. The Labute approximate surface area is 66.8 Å². The van der Waals surface area contributed by atoms with Gasteiger partial charge in [-0.25, -0.2) is 0 Å². The van der Waals surface area contributed by atoms with E-state index in [-0.39, 0.29) is 0 Å². The van der Waals surface area contributed by atoms with Crippen molar-refractivity contribution in [1.29, 1.82) is 0 Å². The molecule has 1 aromatic carbocycles. The first-order valence-electron chi connectivity index (χ1n) is 2.74. The molecule has 0 bridgehead atoms. The highest BCUT2D eigenvalue weighted by Crippen LogP contribution is 2.16. The first-order valence-corrected chi connectivity index (χ1v) is 3.85. The molecule has 0 atom stereocenters. The third kappa shape index (κ3) is 0.874. The smallest absolute Gasteiger partial charge is 0.106 e. The van der Waals surface area contributed by atoms with Crippen LogP contribution in [0.2, 0.25) is 5.02 Å². The Morgan fingerprint density at radius 2 is 2.00 bits per heavy atom. The number of halogens is 1. The van der Waals surface area contributed by atoms with Gasteiger partial charge in [-0.3, -0.25) is 0 Å². The maximum atomic E-state index is 5.71. The Balaban J connectivity index is 2.86. The molecule has 0 fully saturated rings. The van der Waals surface area contributed by atoms with Gasteiger partial charge < -0.3 is 0 Å². The second-order valence-electron chi connectivity index (χ2n) is 1.90. The first kappa shape index (κ1) is 6.07. The number of hydrogen-bond donors (Lipinski definition) is 0. The van der Waals surface area contributed by atoms with E-state index in [9.17, 15) is 0 Å².